The van der Waals surface area contributed by atoms with Crippen molar-refractivity contribution in [1.82, 2.24) is 14.9 Å². The Hall–Kier alpha value is -0.0400. The number of H-pyrrole nitrogens is 1. The van der Waals surface area contributed by atoms with Gasteiger partial charge in [-0.3, -0.25) is 4.90 Å². The summed E-state index contributed by atoms with van der Waals surface area (Å²) in [5.41, 5.74) is 2.55. The monoisotopic (exact) mass is 285 g/mol. The Morgan fingerprint density at radius 1 is 1.41 bits per heavy atom. The van der Waals surface area contributed by atoms with Gasteiger partial charge >= 0.3 is 0 Å². The number of rotatable bonds is 1. The topological polar surface area (TPSA) is 31.9 Å². The lowest BCUT2D eigenvalue weighted by molar-refractivity contribution is 0.264. The Morgan fingerprint density at radius 2 is 2.29 bits per heavy atom. The molecule has 0 amide bonds. The molecule has 0 spiro atoms. The van der Waals surface area contributed by atoms with Crippen LogP contribution in [0, 0.1) is 4.64 Å². The van der Waals surface area contributed by atoms with Crippen LogP contribution in [0.3, 0.4) is 0 Å². The van der Waals surface area contributed by atoms with Crippen LogP contribution in [0.4, 0.5) is 0 Å². The minimum Gasteiger partial charge on any atom is -0.345 e. The van der Waals surface area contributed by atoms with E-state index in [0.29, 0.717) is 6.04 Å². The lowest BCUT2D eigenvalue weighted by Crippen LogP contribution is -2.34. The molecule has 1 aromatic heterocycles. The summed E-state index contributed by atoms with van der Waals surface area (Å²) >= 11 is 9.32. The van der Waals surface area contributed by atoms with E-state index in [1.807, 2.05) is 23.5 Å². The van der Waals surface area contributed by atoms with Gasteiger partial charge in [0.2, 0.25) is 0 Å². The van der Waals surface area contributed by atoms with Crippen LogP contribution in [-0.4, -0.2) is 40.0 Å². The van der Waals surface area contributed by atoms with E-state index in [2.05, 4.69) is 21.9 Å². The standard InChI is InChI=1S/C11H15N3S3/c1-14-2-3-16-6-9(14)10-12-8-5-17-4-7(8)11(15)13-10/h9H,2-6H2,1H3,(H,12,13,15). The second-order valence-corrected chi connectivity index (χ2v) is 6.97. The van der Waals surface area contributed by atoms with Gasteiger partial charge < -0.3 is 4.98 Å². The fourth-order valence-electron chi connectivity index (χ4n) is 2.22. The largest absolute Gasteiger partial charge is 0.345 e. The predicted molar refractivity (Wildman–Crippen MR) is 77.1 cm³/mol. The first-order valence-corrected chi connectivity index (χ1v) is 8.45. The van der Waals surface area contributed by atoms with Gasteiger partial charge in [-0.15, -0.1) is 0 Å². The lowest BCUT2D eigenvalue weighted by Gasteiger charge is -2.31. The van der Waals surface area contributed by atoms with Gasteiger partial charge in [0.1, 0.15) is 10.5 Å². The van der Waals surface area contributed by atoms with Crippen molar-refractivity contribution in [3.05, 3.63) is 21.7 Å². The predicted octanol–water partition coefficient (Wildman–Crippen LogP) is 2.61. The van der Waals surface area contributed by atoms with Crippen LogP contribution in [0.1, 0.15) is 23.1 Å². The zero-order chi connectivity index (χ0) is 11.8. The summed E-state index contributed by atoms with van der Waals surface area (Å²) < 4.78 is 0.808. The first kappa shape index (κ1) is 12.0. The molecule has 1 atom stereocenters. The van der Waals surface area contributed by atoms with Gasteiger partial charge in [0.05, 0.1) is 6.04 Å². The van der Waals surface area contributed by atoms with Crippen molar-refractivity contribution in [2.75, 3.05) is 25.1 Å². The lowest BCUT2D eigenvalue weighted by atomic mass is 10.2. The molecule has 2 aliphatic rings. The van der Waals surface area contributed by atoms with E-state index < -0.39 is 0 Å². The van der Waals surface area contributed by atoms with Gasteiger partial charge in [-0.2, -0.15) is 23.5 Å². The highest BCUT2D eigenvalue weighted by molar-refractivity contribution is 7.99. The second kappa shape index (κ2) is 4.91. The molecular formula is C11H15N3S3. The zero-order valence-corrected chi connectivity index (χ0v) is 12.2. The van der Waals surface area contributed by atoms with Gasteiger partial charge in [0, 0.05) is 40.8 Å². The minimum absolute atomic E-state index is 0.395. The van der Waals surface area contributed by atoms with Crippen molar-refractivity contribution in [3.8, 4) is 0 Å². The number of fused-ring (bicyclic) bond motifs is 1. The minimum atomic E-state index is 0.395. The van der Waals surface area contributed by atoms with Crippen molar-refractivity contribution in [3.63, 3.8) is 0 Å². The third-order valence-electron chi connectivity index (χ3n) is 3.33. The molecule has 3 nitrogen and oxygen atoms in total. The summed E-state index contributed by atoms with van der Waals surface area (Å²) in [6.45, 7) is 1.13. The van der Waals surface area contributed by atoms with Crippen molar-refractivity contribution in [2.24, 2.45) is 0 Å². The number of hydrogen-bond acceptors (Lipinski definition) is 5. The first-order valence-electron chi connectivity index (χ1n) is 5.73. The summed E-state index contributed by atoms with van der Waals surface area (Å²) in [5, 5.41) is 0. The zero-order valence-electron chi connectivity index (χ0n) is 9.73. The summed E-state index contributed by atoms with van der Waals surface area (Å²) in [6.07, 6.45) is 0. The summed E-state index contributed by atoms with van der Waals surface area (Å²) in [4.78, 5) is 10.5. The molecule has 6 heteroatoms. The summed E-state index contributed by atoms with van der Waals surface area (Å²) in [7, 11) is 2.17. The molecule has 0 bridgehead atoms. The van der Waals surface area contributed by atoms with E-state index in [-0.39, 0.29) is 0 Å². The molecule has 0 saturated carbocycles. The molecule has 1 unspecified atom stereocenters. The van der Waals surface area contributed by atoms with Crippen LogP contribution in [-0.2, 0) is 11.5 Å². The number of nitrogens with one attached hydrogen (secondary N) is 1. The van der Waals surface area contributed by atoms with Gasteiger partial charge in [0.15, 0.2) is 0 Å². The third-order valence-corrected chi connectivity index (χ3v) is 5.67. The fraction of sp³-hybridized carbons (Fsp3) is 0.636. The molecule has 0 aliphatic carbocycles. The molecule has 3 heterocycles. The maximum atomic E-state index is 5.40. The second-order valence-electron chi connectivity index (χ2n) is 4.45. The van der Waals surface area contributed by atoms with Crippen molar-refractivity contribution in [2.45, 2.75) is 17.5 Å². The first-order chi connectivity index (χ1) is 8.25. The summed E-state index contributed by atoms with van der Waals surface area (Å²) in [5.74, 6) is 5.46. The fourth-order valence-corrected chi connectivity index (χ4v) is 4.90. The van der Waals surface area contributed by atoms with Crippen molar-refractivity contribution < 1.29 is 0 Å². The van der Waals surface area contributed by atoms with Crippen LogP contribution >= 0.6 is 35.7 Å². The highest BCUT2D eigenvalue weighted by Gasteiger charge is 2.25. The van der Waals surface area contributed by atoms with E-state index in [1.165, 1.54) is 17.0 Å². The molecule has 92 valence electrons. The summed E-state index contributed by atoms with van der Waals surface area (Å²) in [6, 6.07) is 0.395. The Labute approximate surface area is 115 Å². The van der Waals surface area contributed by atoms with Gasteiger partial charge in [0.25, 0.3) is 0 Å². The van der Waals surface area contributed by atoms with E-state index in [4.69, 9.17) is 12.2 Å². The quantitative estimate of drug-likeness (QED) is 0.802. The SMILES string of the molecule is CN1CCSCC1c1nc(=S)c2c([nH]1)CSC2. The molecule has 1 saturated heterocycles. The Morgan fingerprint density at radius 3 is 3.12 bits per heavy atom. The molecular weight excluding hydrogens is 270 g/mol. The third kappa shape index (κ3) is 2.28. The van der Waals surface area contributed by atoms with Gasteiger partial charge in [-0.05, 0) is 7.05 Å². The number of nitrogens with zero attached hydrogens (tertiary/aromatic N) is 2. The molecule has 1 fully saturated rings. The van der Waals surface area contributed by atoms with E-state index in [0.717, 1.165) is 34.3 Å². The average molecular weight is 285 g/mol. The molecule has 1 aromatic rings. The maximum Gasteiger partial charge on any atom is 0.134 e. The molecule has 1 N–H and O–H groups in total. The Bertz CT molecular complexity index is 485. The number of aromatic amines is 1. The molecule has 0 aromatic carbocycles. The smallest absolute Gasteiger partial charge is 0.134 e. The van der Waals surface area contributed by atoms with Crippen LogP contribution in [0.15, 0.2) is 0 Å². The van der Waals surface area contributed by atoms with Gasteiger partial charge in [-0.25, -0.2) is 4.98 Å². The van der Waals surface area contributed by atoms with E-state index in [1.54, 1.807) is 0 Å². The van der Waals surface area contributed by atoms with Crippen LogP contribution < -0.4 is 0 Å². The normalized spacial score (nSPS) is 24.9. The molecule has 0 radical (unpaired) electrons. The average Bonchev–Trinajstić information content (AvgIpc) is 2.78. The number of aromatic nitrogens is 2. The number of hydrogen-bond donors (Lipinski definition) is 1. The Balaban J connectivity index is 1.98. The molecule has 3 rings (SSSR count). The maximum absolute atomic E-state index is 5.40. The van der Waals surface area contributed by atoms with Crippen LogP contribution in [0.5, 0.6) is 0 Å². The van der Waals surface area contributed by atoms with Crippen LogP contribution in [0.25, 0.3) is 0 Å². The van der Waals surface area contributed by atoms with E-state index >= 15 is 0 Å². The van der Waals surface area contributed by atoms with Crippen LogP contribution in [0.2, 0.25) is 0 Å². The van der Waals surface area contributed by atoms with Crippen molar-refractivity contribution >= 4 is 35.7 Å². The highest BCUT2D eigenvalue weighted by atomic mass is 32.2. The highest BCUT2D eigenvalue weighted by Crippen LogP contribution is 2.31. The van der Waals surface area contributed by atoms with Gasteiger partial charge in [-0.1, -0.05) is 12.2 Å². The molecule has 2 aliphatic heterocycles. The van der Waals surface area contributed by atoms with Crippen molar-refractivity contribution in [1.29, 1.82) is 0 Å². The number of thioether (sulfide) groups is 2. The van der Waals surface area contributed by atoms with E-state index in [9.17, 15) is 0 Å². The Kier molecular flexibility index (Phi) is 3.47. The molecule has 17 heavy (non-hydrogen) atoms.